The third-order valence-corrected chi connectivity index (χ3v) is 2.91. The largest absolute Gasteiger partial charge is 0.481 e. The van der Waals surface area contributed by atoms with Crippen molar-refractivity contribution in [3.63, 3.8) is 0 Å². The maximum absolute atomic E-state index is 12.4. The Bertz CT molecular complexity index is 456. The predicted molar refractivity (Wildman–Crippen MR) is 74.3 cm³/mol. The molecule has 0 spiro atoms. The van der Waals surface area contributed by atoms with E-state index in [1.54, 1.807) is 22.0 Å². The quantitative estimate of drug-likeness (QED) is 0.725. The van der Waals surface area contributed by atoms with Crippen LogP contribution < -0.4 is 5.73 Å². The molecule has 3 N–H and O–H groups in total. The molecule has 0 aliphatic heterocycles. The highest BCUT2D eigenvalue weighted by atomic mass is 16.4. The molecular weight excluding hydrogens is 260 g/mol. The molecule has 0 unspecified atom stereocenters. The second-order valence-electron chi connectivity index (χ2n) is 4.87. The zero-order valence-electron chi connectivity index (χ0n) is 12.0. The molecule has 1 amide bonds. The summed E-state index contributed by atoms with van der Waals surface area (Å²) in [6, 6.07) is -0.00375. The molecule has 0 aliphatic carbocycles. The van der Waals surface area contributed by atoms with Gasteiger partial charge in [0, 0.05) is 38.3 Å². The van der Waals surface area contributed by atoms with Crippen molar-refractivity contribution >= 4 is 11.9 Å². The number of imidazole rings is 1. The molecule has 0 aliphatic rings. The summed E-state index contributed by atoms with van der Waals surface area (Å²) in [5.41, 5.74) is 5.81. The molecule has 1 aromatic heterocycles. The van der Waals surface area contributed by atoms with Crippen molar-refractivity contribution in [1.29, 1.82) is 0 Å². The van der Waals surface area contributed by atoms with Crippen molar-refractivity contribution < 1.29 is 14.7 Å². The van der Waals surface area contributed by atoms with E-state index in [1.807, 2.05) is 13.8 Å². The Morgan fingerprint density at radius 3 is 2.75 bits per heavy atom. The molecule has 7 nitrogen and oxygen atoms in total. The van der Waals surface area contributed by atoms with Gasteiger partial charge < -0.3 is 20.3 Å². The number of hydrogen-bond acceptors (Lipinski definition) is 4. The molecular formula is C13H22N4O3. The molecule has 0 fully saturated rings. The lowest BCUT2D eigenvalue weighted by molar-refractivity contribution is -0.137. The van der Waals surface area contributed by atoms with E-state index < -0.39 is 5.97 Å². The summed E-state index contributed by atoms with van der Waals surface area (Å²) < 4.78 is 1.77. The van der Waals surface area contributed by atoms with Gasteiger partial charge in [-0.2, -0.15) is 0 Å². The number of rotatable bonds is 8. The summed E-state index contributed by atoms with van der Waals surface area (Å²) in [6.45, 7) is 5.30. The van der Waals surface area contributed by atoms with E-state index in [1.165, 1.54) is 0 Å². The van der Waals surface area contributed by atoms with Gasteiger partial charge in [0.1, 0.15) is 5.69 Å². The fourth-order valence-corrected chi connectivity index (χ4v) is 1.88. The minimum Gasteiger partial charge on any atom is -0.481 e. The Balaban J connectivity index is 2.69. The average molecular weight is 282 g/mol. The van der Waals surface area contributed by atoms with E-state index in [0.717, 1.165) is 0 Å². The molecule has 112 valence electrons. The number of carbonyl (C=O) groups excluding carboxylic acids is 1. The smallest absolute Gasteiger partial charge is 0.303 e. The number of amides is 1. The third kappa shape index (κ3) is 4.65. The predicted octanol–water partition coefficient (Wildman–Crippen LogP) is 0.557. The first-order valence-corrected chi connectivity index (χ1v) is 6.70. The van der Waals surface area contributed by atoms with Crippen LogP contribution in [0.15, 0.2) is 12.5 Å². The van der Waals surface area contributed by atoms with Gasteiger partial charge in [-0.25, -0.2) is 4.98 Å². The van der Waals surface area contributed by atoms with Gasteiger partial charge in [0.2, 0.25) is 0 Å². The summed E-state index contributed by atoms with van der Waals surface area (Å²) in [6.07, 6.45) is 3.73. The van der Waals surface area contributed by atoms with Crippen LogP contribution in [0.5, 0.6) is 0 Å². The van der Waals surface area contributed by atoms with Crippen LogP contribution >= 0.6 is 0 Å². The van der Waals surface area contributed by atoms with E-state index >= 15 is 0 Å². The van der Waals surface area contributed by atoms with Crippen molar-refractivity contribution in [3.05, 3.63) is 18.2 Å². The summed E-state index contributed by atoms with van der Waals surface area (Å²) in [5.74, 6) is -1.03. The van der Waals surface area contributed by atoms with E-state index in [4.69, 9.17) is 10.8 Å². The highest BCUT2D eigenvalue weighted by Crippen LogP contribution is 2.08. The van der Waals surface area contributed by atoms with Crippen LogP contribution in [0, 0.1) is 0 Å². The number of hydrogen-bond donors (Lipinski definition) is 2. The second kappa shape index (κ2) is 7.64. The van der Waals surface area contributed by atoms with Gasteiger partial charge in [0.25, 0.3) is 5.91 Å². The molecule has 0 saturated carbocycles. The van der Waals surface area contributed by atoms with E-state index in [-0.39, 0.29) is 18.4 Å². The second-order valence-corrected chi connectivity index (χ2v) is 4.87. The zero-order chi connectivity index (χ0) is 15.1. The molecule has 1 heterocycles. The molecule has 1 aromatic rings. The fraction of sp³-hybridized carbons (Fsp3) is 0.615. The molecule has 0 radical (unpaired) electrons. The van der Waals surface area contributed by atoms with Crippen LogP contribution in [0.3, 0.4) is 0 Å². The SMILES string of the molecule is CC(C)N(CCCC(=O)O)C(=O)c1cn(CCN)cn1. The Hall–Kier alpha value is -1.89. The lowest BCUT2D eigenvalue weighted by Gasteiger charge is -2.25. The number of carboxylic acids is 1. The Labute approximate surface area is 118 Å². The Kier molecular flexibility index (Phi) is 6.17. The number of carboxylic acid groups (broad SMARTS) is 1. The van der Waals surface area contributed by atoms with Crippen molar-refractivity contribution in [2.24, 2.45) is 5.73 Å². The lowest BCUT2D eigenvalue weighted by Crippen LogP contribution is -2.38. The van der Waals surface area contributed by atoms with Crippen LogP contribution in [0.4, 0.5) is 0 Å². The standard InChI is InChI=1S/C13H22N4O3/c1-10(2)17(6-3-4-12(18)19)13(20)11-8-16(7-5-14)9-15-11/h8-10H,3-7,14H2,1-2H3,(H,18,19). The van der Waals surface area contributed by atoms with E-state index in [0.29, 0.717) is 31.7 Å². The maximum atomic E-state index is 12.4. The average Bonchev–Trinajstić information content (AvgIpc) is 2.82. The minimum atomic E-state index is -0.853. The molecule has 0 bridgehead atoms. The van der Waals surface area contributed by atoms with Crippen LogP contribution in [-0.2, 0) is 11.3 Å². The molecule has 0 saturated heterocycles. The normalized spacial score (nSPS) is 10.8. The van der Waals surface area contributed by atoms with E-state index in [2.05, 4.69) is 4.98 Å². The highest BCUT2D eigenvalue weighted by molar-refractivity contribution is 5.92. The van der Waals surface area contributed by atoms with Gasteiger partial charge in [-0.05, 0) is 20.3 Å². The van der Waals surface area contributed by atoms with Gasteiger partial charge in [0.15, 0.2) is 0 Å². The zero-order valence-corrected chi connectivity index (χ0v) is 12.0. The van der Waals surface area contributed by atoms with E-state index in [9.17, 15) is 9.59 Å². The summed E-state index contributed by atoms with van der Waals surface area (Å²) in [5, 5.41) is 8.65. The van der Waals surface area contributed by atoms with Crippen LogP contribution in [0.1, 0.15) is 37.2 Å². The fourth-order valence-electron chi connectivity index (χ4n) is 1.88. The van der Waals surface area contributed by atoms with Crippen molar-refractivity contribution in [3.8, 4) is 0 Å². The van der Waals surface area contributed by atoms with Crippen molar-refractivity contribution in [1.82, 2.24) is 14.5 Å². The monoisotopic (exact) mass is 282 g/mol. The molecule has 1 rings (SSSR count). The third-order valence-electron chi connectivity index (χ3n) is 2.91. The van der Waals surface area contributed by atoms with Crippen LogP contribution in [-0.4, -0.2) is 50.6 Å². The molecule has 0 aromatic carbocycles. The first-order valence-electron chi connectivity index (χ1n) is 6.70. The summed E-state index contributed by atoms with van der Waals surface area (Å²) in [7, 11) is 0. The summed E-state index contributed by atoms with van der Waals surface area (Å²) in [4.78, 5) is 28.6. The molecule has 7 heteroatoms. The molecule has 0 atom stereocenters. The minimum absolute atomic E-state index is 0.00375. The van der Waals surface area contributed by atoms with Gasteiger partial charge in [-0.15, -0.1) is 0 Å². The van der Waals surface area contributed by atoms with Gasteiger partial charge in [-0.1, -0.05) is 0 Å². The Morgan fingerprint density at radius 2 is 2.20 bits per heavy atom. The Morgan fingerprint density at radius 1 is 1.50 bits per heavy atom. The first kappa shape index (κ1) is 16.2. The topological polar surface area (TPSA) is 101 Å². The van der Waals surface area contributed by atoms with Crippen molar-refractivity contribution in [2.45, 2.75) is 39.3 Å². The van der Waals surface area contributed by atoms with Gasteiger partial charge in [-0.3, -0.25) is 9.59 Å². The van der Waals surface area contributed by atoms with Crippen LogP contribution in [0.2, 0.25) is 0 Å². The molecule has 20 heavy (non-hydrogen) atoms. The lowest BCUT2D eigenvalue weighted by atomic mass is 10.2. The maximum Gasteiger partial charge on any atom is 0.303 e. The van der Waals surface area contributed by atoms with Crippen molar-refractivity contribution in [2.75, 3.05) is 13.1 Å². The first-order chi connectivity index (χ1) is 9.45. The number of aliphatic carboxylic acids is 1. The highest BCUT2D eigenvalue weighted by Gasteiger charge is 2.20. The number of nitrogens with zero attached hydrogens (tertiary/aromatic N) is 3. The van der Waals surface area contributed by atoms with Gasteiger partial charge >= 0.3 is 5.97 Å². The number of nitrogens with two attached hydrogens (primary N) is 1. The van der Waals surface area contributed by atoms with Crippen LogP contribution in [0.25, 0.3) is 0 Å². The summed E-state index contributed by atoms with van der Waals surface area (Å²) >= 11 is 0. The van der Waals surface area contributed by atoms with Gasteiger partial charge in [0.05, 0.1) is 6.33 Å². The number of carbonyl (C=O) groups is 2. The number of aromatic nitrogens is 2.